The number of hydrogen-bond donors (Lipinski definition) is 2. The van der Waals surface area contributed by atoms with E-state index >= 15 is 0 Å². The second kappa shape index (κ2) is 8.25. The molecule has 0 aliphatic carbocycles. The number of rotatable bonds is 6. The highest BCUT2D eigenvalue weighted by Crippen LogP contribution is 2.23. The highest BCUT2D eigenvalue weighted by atomic mass is 32.2. The molecule has 1 aliphatic heterocycles. The van der Waals surface area contributed by atoms with Crippen LogP contribution in [0.15, 0.2) is 52.2 Å². The average molecular weight is 426 g/mol. The Hall–Kier alpha value is -3.24. The van der Waals surface area contributed by atoms with Crippen molar-refractivity contribution in [1.82, 2.24) is 19.4 Å². The van der Waals surface area contributed by atoms with E-state index in [9.17, 15) is 24.3 Å². The van der Waals surface area contributed by atoms with Crippen molar-refractivity contribution in [3.63, 3.8) is 0 Å². The number of aliphatic hydroxyl groups is 1. The van der Waals surface area contributed by atoms with Gasteiger partial charge in [0.2, 0.25) is 5.91 Å². The van der Waals surface area contributed by atoms with E-state index in [1.165, 1.54) is 10.8 Å². The molecule has 0 spiro atoms. The average Bonchev–Trinajstić information content (AvgIpc) is 3.06. The first kappa shape index (κ1) is 20.0. The molecule has 3 heterocycles. The van der Waals surface area contributed by atoms with Crippen LogP contribution in [-0.2, 0) is 24.3 Å². The number of fused-ring (bicyclic) bond motifs is 1. The number of nitrogens with zero attached hydrogens (tertiary/aromatic N) is 3. The Balaban J connectivity index is 1.64. The van der Waals surface area contributed by atoms with E-state index in [-0.39, 0.29) is 36.5 Å². The van der Waals surface area contributed by atoms with Crippen LogP contribution in [0.2, 0.25) is 0 Å². The number of imide groups is 1. The summed E-state index contributed by atoms with van der Waals surface area (Å²) in [6, 6.07) is 10.6. The maximum Gasteiger partial charge on any atom is 0.333 e. The largest absolute Gasteiger partial charge is 0.395 e. The first-order valence-corrected chi connectivity index (χ1v) is 10.1. The maximum atomic E-state index is 12.9. The van der Waals surface area contributed by atoms with Crippen LogP contribution in [0.1, 0.15) is 11.1 Å². The summed E-state index contributed by atoms with van der Waals surface area (Å²) >= 11 is 0.980. The van der Waals surface area contributed by atoms with Crippen LogP contribution in [0.5, 0.6) is 0 Å². The van der Waals surface area contributed by atoms with Gasteiger partial charge in [0.05, 0.1) is 30.3 Å². The normalized spacial score (nSPS) is 16.2. The van der Waals surface area contributed by atoms with Crippen LogP contribution >= 0.6 is 11.8 Å². The summed E-state index contributed by atoms with van der Waals surface area (Å²) in [6.07, 6.45) is 1.94. The van der Waals surface area contributed by atoms with Crippen LogP contribution in [-0.4, -0.2) is 42.2 Å². The van der Waals surface area contributed by atoms with Gasteiger partial charge in [-0.3, -0.25) is 28.8 Å². The van der Waals surface area contributed by atoms with Crippen molar-refractivity contribution in [2.24, 2.45) is 0 Å². The zero-order valence-corrected chi connectivity index (χ0v) is 16.6. The number of carbonyl (C=O) groups is 2. The van der Waals surface area contributed by atoms with Gasteiger partial charge >= 0.3 is 5.69 Å². The number of nitrogens with one attached hydrogen (secondary N) is 1. The Kier molecular flexibility index (Phi) is 5.51. The summed E-state index contributed by atoms with van der Waals surface area (Å²) in [5.41, 5.74) is 0.957. The van der Waals surface area contributed by atoms with Gasteiger partial charge in [0.1, 0.15) is 5.65 Å². The SMILES string of the molecule is O=C1NC(=O)C(Cc2ccc(Cn3c(=O)n(CCO)c(=O)c4cccnc43)cc2)S1. The fourth-order valence-corrected chi connectivity index (χ4v) is 4.25. The van der Waals surface area contributed by atoms with Crippen LogP contribution in [0.25, 0.3) is 11.0 Å². The number of carbonyl (C=O) groups excluding carboxylic acids is 2. The summed E-state index contributed by atoms with van der Waals surface area (Å²) in [5.74, 6) is -0.288. The molecule has 1 saturated heterocycles. The van der Waals surface area contributed by atoms with E-state index < -0.39 is 16.5 Å². The van der Waals surface area contributed by atoms with Gasteiger partial charge in [-0.25, -0.2) is 9.78 Å². The van der Waals surface area contributed by atoms with Gasteiger partial charge in [-0.05, 0) is 29.7 Å². The van der Waals surface area contributed by atoms with Gasteiger partial charge in [0.15, 0.2) is 0 Å². The Morgan fingerprint density at radius 3 is 2.43 bits per heavy atom. The van der Waals surface area contributed by atoms with E-state index in [1.54, 1.807) is 12.1 Å². The van der Waals surface area contributed by atoms with Gasteiger partial charge in [-0.2, -0.15) is 0 Å². The summed E-state index contributed by atoms with van der Waals surface area (Å²) in [5, 5.41) is 11.0. The molecule has 1 aromatic carbocycles. The van der Waals surface area contributed by atoms with Crippen LogP contribution in [0.4, 0.5) is 4.79 Å². The lowest BCUT2D eigenvalue weighted by molar-refractivity contribution is -0.118. The van der Waals surface area contributed by atoms with Crippen LogP contribution in [0, 0.1) is 0 Å². The minimum Gasteiger partial charge on any atom is -0.395 e. The third-order valence-corrected chi connectivity index (χ3v) is 5.84. The summed E-state index contributed by atoms with van der Waals surface area (Å²) in [6.45, 7) is -0.234. The molecule has 0 bridgehead atoms. The summed E-state index contributed by atoms with van der Waals surface area (Å²) < 4.78 is 2.41. The monoisotopic (exact) mass is 426 g/mol. The van der Waals surface area contributed by atoms with E-state index in [1.807, 2.05) is 24.3 Å². The summed E-state index contributed by atoms with van der Waals surface area (Å²) in [4.78, 5) is 52.6. The van der Waals surface area contributed by atoms with Crippen molar-refractivity contribution < 1.29 is 14.7 Å². The van der Waals surface area contributed by atoms with Crippen LogP contribution in [0.3, 0.4) is 0 Å². The van der Waals surface area contributed by atoms with Crippen molar-refractivity contribution in [3.05, 3.63) is 74.6 Å². The van der Waals surface area contributed by atoms with Crippen molar-refractivity contribution in [2.75, 3.05) is 6.61 Å². The standard InChI is InChI=1S/C20H18N4O5S/c25-9-8-23-18(27)14-2-1-7-21-16(14)24(20(23)29)11-13-5-3-12(4-6-13)10-15-17(26)22-19(28)30-15/h1-7,15,25H,8-11H2,(H,22,26,28). The zero-order chi connectivity index (χ0) is 21.3. The fourth-order valence-electron chi connectivity index (χ4n) is 3.39. The minimum atomic E-state index is -0.540. The molecule has 2 N–H and O–H groups in total. The van der Waals surface area contributed by atoms with E-state index in [4.69, 9.17) is 0 Å². The van der Waals surface area contributed by atoms with Crippen molar-refractivity contribution >= 4 is 33.9 Å². The van der Waals surface area contributed by atoms with Gasteiger partial charge in [-0.1, -0.05) is 36.0 Å². The number of aromatic nitrogens is 3. The Morgan fingerprint density at radius 1 is 1.03 bits per heavy atom. The molecule has 154 valence electrons. The predicted octanol–water partition coefficient (Wildman–Crippen LogP) is 0.493. The van der Waals surface area contributed by atoms with Crippen LogP contribution < -0.4 is 16.6 Å². The highest BCUT2D eigenvalue weighted by molar-refractivity contribution is 8.15. The zero-order valence-electron chi connectivity index (χ0n) is 15.8. The number of benzene rings is 1. The lowest BCUT2D eigenvalue weighted by Crippen LogP contribution is -2.41. The number of pyridine rings is 1. The Bertz CT molecular complexity index is 1250. The smallest absolute Gasteiger partial charge is 0.333 e. The van der Waals surface area contributed by atoms with Crippen molar-refractivity contribution in [3.8, 4) is 0 Å². The molecule has 2 amide bonds. The molecule has 1 fully saturated rings. The van der Waals surface area contributed by atoms with E-state index in [0.717, 1.165) is 27.5 Å². The molecule has 1 unspecified atom stereocenters. The van der Waals surface area contributed by atoms with Crippen molar-refractivity contribution in [2.45, 2.75) is 24.8 Å². The highest BCUT2D eigenvalue weighted by Gasteiger charge is 2.31. The Morgan fingerprint density at radius 2 is 1.77 bits per heavy atom. The lowest BCUT2D eigenvalue weighted by atomic mass is 10.1. The fraction of sp³-hybridized carbons (Fsp3) is 0.250. The van der Waals surface area contributed by atoms with Gasteiger partial charge < -0.3 is 5.11 Å². The maximum absolute atomic E-state index is 12.9. The van der Waals surface area contributed by atoms with Gasteiger partial charge in [0, 0.05) is 6.20 Å². The molecular formula is C20H18N4O5S. The molecule has 10 heteroatoms. The predicted molar refractivity (Wildman–Crippen MR) is 112 cm³/mol. The molecular weight excluding hydrogens is 408 g/mol. The molecule has 3 aromatic rings. The van der Waals surface area contributed by atoms with E-state index in [2.05, 4.69) is 10.3 Å². The molecule has 1 aliphatic rings. The lowest BCUT2D eigenvalue weighted by Gasteiger charge is -2.13. The molecule has 30 heavy (non-hydrogen) atoms. The quantitative estimate of drug-likeness (QED) is 0.588. The molecule has 1 atom stereocenters. The molecule has 4 rings (SSSR count). The first-order valence-electron chi connectivity index (χ1n) is 9.26. The molecule has 2 aromatic heterocycles. The third-order valence-electron chi connectivity index (χ3n) is 4.86. The van der Waals surface area contributed by atoms with Gasteiger partial charge in [0.25, 0.3) is 10.8 Å². The molecule has 0 radical (unpaired) electrons. The first-order chi connectivity index (χ1) is 14.5. The van der Waals surface area contributed by atoms with E-state index in [0.29, 0.717) is 11.8 Å². The Labute approximate surface area is 174 Å². The molecule has 9 nitrogen and oxygen atoms in total. The number of hydrogen-bond acceptors (Lipinski definition) is 7. The minimum absolute atomic E-state index is 0.0960. The number of thioether (sulfide) groups is 1. The number of aliphatic hydroxyl groups excluding tert-OH is 1. The third kappa shape index (κ3) is 3.79. The molecule has 0 saturated carbocycles. The second-order valence-electron chi connectivity index (χ2n) is 6.83. The van der Waals surface area contributed by atoms with Gasteiger partial charge in [-0.15, -0.1) is 0 Å². The number of amides is 2. The topological polar surface area (TPSA) is 123 Å². The van der Waals surface area contributed by atoms with Crippen molar-refractivity contribution in [1.29, 1.82) is 0 Å². The summed E-state index contributed by atoms with van der Waals surface area (Å²) in [7, 11) is 0. The second-order valence-corrected chi connectivity index (χ2v) is 8.00.